The molecule has 0 aliphatic carbocycles. The summed E-state index contributed by atoms with van der Waals surface area (Å²) >= 11 is 3.32. The first-order chi connectivity index (χ1) is 8.79. The van der Waals surface area contributed by atoms with Crippen LogP contribution in [0.5, 0.6) is 0 Å². The van der Waals surface area contributed by atoms with Crippen LogP contribution >= 0.6 is 15.9 Å². The van der Waals surface area contributed by atoms with Crippen molar-refractivity contribution in [3.8, 4) is 0 Å². The van der Waals surface area contributed by atoms with E-state index in [4.69, 9.17) is 4.42 Å². The fourth-order valence-corrected chi connectivity index (χ4v) is 2.37. The molecule has 1 aromatic carbocycles. The summed E-state index contributed by atoms with van der Waals surface area (Å²) in [6, 6.07) is 14.9. The Morgan fingerprint density at radius 3 is 2.56 bits per heavy atom. The molecule has 2 rings (SSSR count). The first-order valence-corrected chi connectivity index (χ1v) is 7.11. The van der Waals surface area contributed by atoms with Crippen LogP contribution in [0.1, 0.15) is 37.1 Å². The third kappa shape index (κ3) is 3.72. The van der Waals surface area contributed by atoms with Gasteiger partial charge in [0, 0.05) is 6.04 Å². The van der Waals surface area contributed by atoms with Crippen LogP contribution in [0.3, 0.4) is 0 Å². The molecule has 18 heavy (non-hydrogen) atoms. The zero-order valence-electron chi connectivity index (χ0n) is 10.5. The molecule has 0 saturated carbocycles. The molecule has 0 radical (unpaired) electrons. The second-order valence-corrected chi connectivity index (χ2v) is 5.12. The maximum atomic E-state index is 5.50. The van der Waals surface area contributed by atoms with Crippen molar-refractivity contribution >= 4 is 15.9 Å². The fraction of sp³-hybridized carbons (Fsp3) is 0.333. The lowest BCUT2D eigenvalue weighted by molar-refractivity contribution is 0.425. The standard InChI is InChI=1S/C15H18BrNO/c1-2-6-14(12-7-4-3-5-8-12)17-11-13-9-10-15(16)18-13/h3-5,7-10,14,17H,2,6,11H2,1H3. The Hall–Kier alpha value is -1.06. The molecular formula is C15H18BrNO. The number of rotatable bonds is 6. The second-order valence-electron chi connectivity index (χ2n) is 4.34. The molecule has 0 amide bonds. The van der Waals surface area contributed by atoms with Gasteiger partial charge in [-0.05, 0) is 40.0 Å². The maximum Gasteiger partial charge on any atom is 0.169 e. The monoisotopic (exact) mass is 307 g/mol. The minimum Gasteiger partial charge on any atom is -0.453 e. The third-order valence-corrected chi connectivity index (χ3v) is 3.36. The van der Waals surface area contributed by atoms with Crippen LogP contribution in [0, 0.1) is 0 Å². The number of hydrogen-bond donors (Lipinski definition) is 1. The highest BCUT2D eigenvalue weighted by Gasteiger charge is 2.10. The van der Waals surface area contributed by atoms with E-state index in [1.807, 2.05) is 12.1 Å². The lowest BCUT2D eigenvalue weighted by Crippen LogP contribution is -2.20. The Kier molecular flexibility index (Phi) is 5.02. The minimum absolute atomic E-state index is 0.389. The number of hydrogen-bond acceptors (Lipinski definition) is 2. The van der Waals surface area contributed by atoms with Crippen LogP contribution in [0.25, 0.3) is 0 Å². The largest absolute Gasteiger partial charge is 0.453 e. The Morgan fingerprint density at radius 2 is 1.94 bits per heavy atom. The predicted molar refractivity (Wildman–Crippen MR) is 77.3 cm³/mol. The van der Waals surface area contributed by atoms with Crippen LogP contribution in [0.2, 0.25) is 0 Å². The van der Waals surface area contributed by atoms with Crippen molar-refractivity contribution in [1.82, 2.24) is 5.32 Å². The summed E-state index contributed by atoms with van der Waals surface area (Å²) in [4.78, 5) is 0. The first kappa shape index (κ1) is 13.4. The quantitative estimate of drug-likeness (QED) is 0.838. The highest BCUT2D eigenvalue weighted by Crippen LogP contribution is 2.20. The lowest BCUT2D eigenvalue weighted by Gasteiger charge is -2.17. The predicted octanol–water partition coefficient (Wildman–Crippen LogP) is 4.67. The molecule has 1 atom stereocenters. The summed E-state index contributed by atoms with van der Waals surface area (Å²) in [5, 5.41) is 3.55. The zero-order valence-corrected chi connectivity index (χ0v) is 12.1. The van der Waals surface area contributed by atoms with Gasteiger partial charge < -0.3 is 9.73 Å². The van der Waals surface area contributed by atoms with Gasteiger partial charge in [0.15, 0.2) is 4.67 Å². The normalized spacial score (nSPS) is 12.6. The summed E-state index contributed by atoms with van der Waals surface area (Å²) in [6.07, 6.45) is 2.29. The molecule has 0 spiro atoms. The van der Waals surface area contributed by atoms with Crippen molar-refractivity contribution in [1.29, 1.82) is 0 Å². The minimum atomic E-state index is 0.389. The van der Waals surface area contributed by atoms with E-state index in [2.05, 4.69) is 58.5 Å². The van der Waals surface area contributed by atoms with E-state index in [1.165, 1.54) is 5.56 Å². The molecule has 0 saturated heterocycles. The summed E-state index contributed by atoms with van der Waals surface area (Å²) in [7, 11) is 0. The summed E-state index contributed by atoms with van der Waals surface area (Å²) in [5.74, 6) is 0.957. The highest BCUT2D eigenvalue weighted by atomic mass is 79.9. The van der Waals surface area contributed by atoms with Crippen molar-refractivity contribution in [2.75, 3.05) is 0 Å². The molecule has 2 nitrogen and oxygen atoms in total. The average Bonchev–Trinajstić information content (AvgIpc) is 2.81. The Morgan fingerprint density at radius 1 is 1.17 bits per heavy atom. The van der Waals surface area contributed by atoms with Gasteiger partial charge in [-0.3, -0.25) is 0 Å². The smallest absolute Gasteiger partial charge is 0.169 e. The molecule has 0 aliphatic rings. The van der Waals surface area contributed by atoms with Crippen molar-refractivity contribution in [3.63, 3.8) is 0 Å². The van der Waals surface area contributed by atoms with E-state index >= 15 is 0 Å². The van der Waals surface area contributed by atoms with Crippen molar-refractivity contribution in [2.45, 2.75) is 32.4 Å². The number of furan rings is 1. The van der Waals surface area contributed by atoms with Gasteiger partial charge in [0.1, 0.15) is 5.76 Å². The Labute approximate surface area is 117 Å². The molecule has 0 bridgehead atoms. The maximum absolute atomic E-state index is 5.50. The first-order valence-electron chi connectivity index (χ1n) is 6.32. The molecule has 0 aliphatic heterocycles. The molecule has 96 valence electrons. The fourth-order valence-electron chi connectivity index (χ4n) is 2.03. The zero-order chi connectivity index (χ0) is 12.8. The third-order valence-electron chi connectivity index (χ3n) is 2.93. The summed E-state index contributed by atoms with van der Waals surface area (Å²) < 4.78 is 6.29. The average molecular weight is 308 g/mol. The van der Waals surface area contributed by atoms with Gasteiger partial charge in [-0.15, -0.1) is 0 Å². The molecule has 1 heterocycles. The van der Waals surface area contributed by atoms with Gasteiger partial charge in [0.2, 0.25) is 0 Å². The van der Waals surface area contributed by atoms with Gasteiger partial charge in [-0.2, -0.15) is 0 Å². The summed E-state index contributed by atoms with van der Waals surface area (Å²) in [6.45, 7) is 2.96. The van der Waals surface area contributed by atoms with Crippen LogP contribution in [-0.2, 0) is 6.54 Å². The topological polar surface area (TPSA) is 25.2 Å². The molecule has 1 unspecified atom stereocenters. The molecule has 1 N–H and O–H groups in total. The van der Waals surface area contributed by atoms with Crippen molar-refractivity contribution in [3.05, 3.63) is 58.5 Å². The summed E-state index contributed by atoms with van der Waals surface area (Å²) in [5.41, 5.74) is 1.34. The molecule has 0 fully saturated rings. The highest BCUT2D eigenvalue weighted by molar-refractivity contribution is 9.10. The van der Waals surface area contributed by atoms with Gasteiger partial charge >= 0.3 is 0 Å². The van der Waals surface area contributed by atoms with Crippen LogP contribution in [-0.4, -0.2) is 0 Å². The molecule has 2 aromatic rings. The van der Waals surface area contributed by atoms with Gasteiger partial charge in [-0.25, -0.2) is 0 Å². The van der Waals surface area contributed by atoms with Crippen LogP contribution in [0.15, 0.2) is 51.6 Å². The van der Waals surface area contributed by atoms with Crippen molar-refractivity contribution < 1.29 is 4.42 Å². The Bertz CT molecular complexity index is 466. The van der Waals surface area contributed by atoms with E-state index in [0.717, 1.165) is 29.8 Å². The molecule has 1 aromatic heterocycles. The van der Waals surface area contributed by atoms with Gasteiger partial charge in [0.25, 0.3) is 0 Å². The van der Waals surface area contributed by atoms with E-state index < -0.39 is 0 Å². The van der Waals surface area contributed by atoms with E-state index in [-0.39, 0.29) is 0 Å². The van der Waals surface area contributed by atoms with Crippen LogP contribution in [0.4, 0.5) is 0 Å². The number of benzene rings is 1. The van der Waals surface area contributed by atoms with E-state index in [9.17, 15) is 0 Å². The van der Waals surface area contributed by atoms with Crippen molar-refractivity contribution in [2.24, 2.45) is 0 Å². The van der Waals surface area contributed by atoms with Gasteiger partial charge in [0.05, 0.1) is 6.54 Å². The van der Waals surface area contributed by atoms with Gasteiger partial charge in [-0.1, -0.05) is 43.7 Å². The SMILES string of the molecule is CCCC(NCc1ccc(Br)o1)c1ccccc1. The van der Waals surface area contributed by atoms with E-state index in [1.54, 1.807) is 0 Å². The second kappa shape index (κ2) is 6.76. The van der Waals surface area contributed by atoms with Crippen LogP contribution < -0.4 is 5.32 Å². The van der Waals surface area contributed by atoms with E-state index in [0.29, 0.717) is 6.04 Å². The number of halogens is 1. The Balaban J connectivity index is 1.98. The molecular weight excluding hydrogens is 290 g/mol. The number of nitrogens with one attached hydrogen (secondary N) is 1. The molecule has 3 heteroatoms. The lowest BCUT2D eigenvalue weighted by atomic mass is 10.0.